The average Bonchev–Trinajstić information content (AvgIpc) is 2.71. The molecule has 0 aromatic heterocycles. The van der Waals surface area contributed by atoms with Crippen LogP contribution in [0.25, 0.3) is 0 Å². The number of ether oxygens (including phenoxy) is 4. The molecule has 0 aliphatic rings. The summed E-state index contributed by atoms with van der Waals surface area (Å²) in [6, 6.07) is 11.4. The van der Waals surface area contributed by atoms with Gasteiger partial charge >= 0.3 is 0 Å². The Labute approximate surface area is 166 Å². The molecule has 0 spiro atoms. The minimum Gasteiger partial charge on any atom is -0.493 e. The van der Waals surface area contributed by atoms with Crippen LogP contribution in [-0.2, 0) is 11.3 Å². The van der Waals surface area contributed by atoms with Gasteiger partial charge in [0.25, 0.3) is 5.91 Å². The van der Waals surface area contributed by atoms with Crippen molar-refractivity contribution in [3.63, 3.8) is 0 Å². The van der Waals surface area contributed by atoms with Crippen LogP contribution in [0, 0.1) is 0 Å². The van der Waals surface area contributed by atoms with Gasteiger partial charge in [0.05, 0.1) is 21.3 Å². The molecule has 2 rings (SSSR count). The molecule has 0 saturated heterocycles. The summed E-state index contributed by atoms with van der Waals surface area (Å²) in [4.78, 5) is 12.5. The van der Waals surface area contributed by atoms with Crippen molar-refractivity contribution in [3.8, 4) is 23.0 Å². The van der Waals surface area contributed by atoms with Crippen molar-refractivity contribution in [2.45, 2.75) is 39.3 Å². The SMILES string of the molecule is COc1cc(CNC(=O)[C@H](C)Oc2ccccc2C(C)C)cc(OC)c1OC. The maximum atomic E-state index is 12.5. The number of hydrogen-bond acceptors (Lipinski definition) is 5. The van der Waals surface area contributed by atoms with Crippen LogP contribution in [0.2, 0.25) is 0 Å². The molecule has 0 saturated carbocycles. The molecule has 2 aromatic carbocycles. The third-order valence-electron chi connectivity index (χ3n) is 4.41. The quantitative estimate of drug-likeness (QED) is 0.706. The third-order valence-corrected chi connectivity index (χ3v) is 4.41. The molecule has 152 valence electrons. The van der Waals surface area contributed by atoms with Crippen molar-refractivity contribution in [2.24, 2.45) is 0 Å². The first-order valence-electron chi connectivity index (χ1n) is 9.23. The first-order chi connectivity index (χ1) is 13.4. The van der Waals surface area contributed by atoms with E-state index in [-0.39, 0.29) is 5.91 Å². The number of benzene rings is 2. The van der Waals surface area contributed by atoms with Gasteiger partial charge in [-0.2, -0.15) is 0 Å². The number of methoxy groups -OCH3 is 3. The van der Waals surface area contributed by atoms with Crippen LogP contribution in [-0.4, -0.2) is 33.3 Å². The Balaban J connectivity index is 2.06. The van der Waals surface area contributed by atoms with Gasteiger partial charge in [-0.05, 0) is 42.2 Å². The zero-order chi connectivity index (χ0) is 20.7. The van der Waals surface area contributed by atoms with Crippen LogP contribution in [0.4, 0.5) is 0 Å². The van der Waals surface area contributed by atoms with E-state index >= 15 is 0 Å². The van der Waals surface area contributed by atoms with Crippen molar-refractivity contribution < 1.29 is 23.7 Å². The summed E-state index contributed by atoms with van der Waals surface area (Å²) in [7, 11) is 4.67. The second kappa shape index (κ2) is 9.88. The largest absolute Gasteiger partial charge is 0.493 e. The van der Waals surface area contributed by atoms with Gasteiger partial charge in [-0.15, -0.1) is 0 Å². The van der Waals surface area contributed by atoms with Crippen molar-refractivity contribution in [1.29, 1.82) is 0 Å². The summed E-state index contributed by atoms with van der Waals surface area (Å²) in [6.07, 6.45) is -0.623. The highest BCUT2D eigenvalue weighted by molar-refractivity contribution is 5.80. The fraction of sp³-hybridized carbons (Fsp3) is 0.409. The van der Waals surface area contributed by atoms with E-state index in [9.17, 15) is 4.79 Å². The van der Waals surface area contributed by atoms with E-state index in [1.807, 2.05) is 24.3 Å². The molecule has 0 fully saturated rings. The summed E-state index contributed by atoms with van der Waals surface area (Å²) in [5, 5.41) is 2.89. The predicted octanol–water partition coefficient (Wildman–Crippen LogP) is 3.92. The van der Waals surface area contributed by atoms with Crippen molar-refractivity contribution in [3.05, 3.63) is 47.5 Å². The Kier molecular flexibility index (Phi) is 7.55. The Morgan fingerprint density at radius 2 is 1.54 bits per heavy atom. The van der Waals surface area contributed by atoms with E-state index in [0.29, 0.717) is 29.7 Å². The van der Waals surface area contributed by atoms with Gasteiger partial charge in [0, 0.05) is 6.54 Å². The lowest BCUT2D eigenvalue weighted by Gasteiger charge is -2.19. The predicted molar refractivity (Wildman–Crippen MR) is 109 cm³/mol. The zero-order valence-corrected chi connectivity index (χ0v) is 17.4. The second-order valence-corrected chi connectivity index (χ2v) is 6.70. The molecule has 28 heavy (non-hydrogen) atoms. The molecule has 1 N–H and O–H groups in total. The van der Waals surface area contributed by atoms with E-state index in [4.69, 9.17) is 18.9 Å². The molecule has 1 amide bonds. The van der Waals surface area contributed by atoms with Gasteiger partial charge in [0.1, 0.15) is 5.75 Å². The van der Waals surface area contributed by atoms with Crippen LogP contribution >= 0.6 is 0 Å². The van der Waals surface area contributed by atoms with Crippen LogP contribution in [0.3, 0.4) is 0 Å². The Morgan fingerprint density at radius 1 is 0.929 bits per heavy atom. The van der Waals surface area contributed by atoms with Crippen LogP contribution in [0.15, 0.2) is 36.4 Å². The average molecular weight is 387 g/mol. The Hall–Kier alpha value is -2.89. The molecular weight excluding hydrogens is 358 g/mol. The Morgan fingerprint density at radius 3 is 2.07 bits per heavy atom. The normalized spacial score (nSPS) is 11.7. The Bertz CT molecular complexity index is 778. The lowest BCUT2D eigenvalue weighted by atomic mass is 10.0. The van der Waals surface area contributed by atoms with E-state index < -0.39 is 6.10 Å². The lowest BCUT2D eigenvalue weighted by Crippen LogP contribution is -2.36. The van der Waals surface area contributed by atoms with Gasteiger partial charge < -0.3 is 24.3 Å². The number of hydrogen-bond donors (Lipinski definition) is 1. The van der Waals surface area contributed by atoms with Crippen molar-refractivity contribution in [1.82, 2.24) is 5.32 Å². The molecule has 0 aliphatic heterocycles. The highest BCUT2D eigenvalue weighted by Gasteiger charge is 2.18. The van der Waals surface area contributed by atoms with Gasteiger partial charge in [0.15, 0.2) is 17.6 Å². The van der Waals surface area contributed by atoms with Crippen LogP contribution in [0.5, 0.6) is 23.0 Å². The smallest absolute Gasteiger partial charge is 0.261 e. The van der Waals surface area contributed by atoms with Gasteiger partial charge in [0.2, 0.25) is 5.75 Å². The summed E-state index contributed by atoms with van der Waals surface area (Å²) in [5.74, 6) is 2.44. The third kappa shape index (κ3) is 5.09. The molecule has 0 aliphatic carbocycles. The van der Waals surface area contributed by atoms with Crippen molar-refractivity contribution >= 4 is 5.91 Å². The van der Waals surface area contributed by atoms with Gasteiger partial charge in [-0.1, -0.05) is 32.0 Å². The fourth-order valence-electron chi connectivity index (χ4n) is 2.88. The molecule has 0 radical (unpaired) electrons. The number of rotatable bonds is 9. The van der Waals surface area contributed by atoms with Crippen LogP contribution in [0.1, 0.15) is 37.8 Å². The molecule has 2 aromatic rings. The highest BCUT2D eigenvalue weighted by Crippen LogP contribution is 2.38. The summed E-state index contributed by atoms with van der Waals surface area (Å²) < 4.78 is 21.9. The van der Waals surface area contributed by atoms with E-state index in [0.717, 1.165) is 16.9 Å². The summed E-state index contributed by atoms with van der Waals surface area (Å²) in [5.41, 5.74) is 1.91. The molecule has 0 bridgehead atoms. The maximum Gasteiger partial charge on any atom is 0.261 e. The first kappa shape index (κ1) is 21.4. The number of nitrogens with one attached hydrogen (secondary N) is 1. The molecule has 0 heterocycles. The topological polar surface area (TPSA) is 66.0 Å². The minimum absolute atomic E-state index is 0.202. The van der Waals surface area contributed by atoms with Crippen molar-refractivity contribution in [2.75, 3.05) is 21.3 Å². The van der Waals surface area contributed by atoms with Gasteiger partial charge in [-0.3, -0.25) is 4.79 Å². The van der Waals surface area contributed by atoms with E-state index in [2.05, 4.69) is 19.2 Å². The minimum atomic E-state index is -0.623. The molecule has 6 nitrogen and oxygen atoms in total. The van der Waals surface area contributed by atoms with Crippen LogP contribution < -0.4 is 24.3 Å². The molecule has 0 unspecified atom stereocenters. The fourth-order valence-corrected chi connectivity index (χ4v) is 2.88. The number of para-hydroxylation sites is 1. The highest BCUT2D eigenvalue weighted by atomic mass is 16.5. The van der Waals surface area contributed by atoms with E-state index in [1.54, 1.807) is 40.4 Å². The standard InChI is InChI=1S/C22H29NO5/c1-14(2)17-9-7-8-10-18(17)28-15(3)22(24)23-13-16-11-19(25-4)21(27-6)20(12-16)26-5/h7-12,14-15H,13H2,1-6H3,(H,23,24)/t15-/m0/s1. The molecule has 1 atom stereocenters. The lowest BCUT2D eigenvalue weighted by molar-refractivity contribution is -0.127. The number of carbonyl (C=O) groups is 1. The summed E-state index contributed by atoms with van der Waals surface area (Å²) in [6.45, 7) is 6.24. The molecular formula is C22H29NO5. The zero-order valence-electron chi connectivity index (χ0n) is 17.4. The van der Waals surface area contributed by atoms with Gasteiger partial charge in [-0.25, -0.2) is 0 Å². The maximum absolute atomic E-state index is 12.5. The molecule has 6 heteroatoms. The summed E-state index contributed by atoms with van der Waals surface area (Å²) >= 11 is 0. The number of carbonyl (C=O) groups excluding carboxylic acids is 1. The monoisotopic (exact) mass is 387 g/mol. The number of amides is 1. The first-order valence-corrected chi connectivity index (χ1v) is 9.23. The van der Waals surface area contributed by atoms with E-state index in [1.165, 1.54) is 0 Å². The second-order valence-electron chi connectivity index (χ2n) is 6.70.